The van der Waals surface area contributed by atoms with E-state index in [9.17, 15) is 24.0 Å². The van der Waals surface area contributed by atoms with Crippen LogP contribution in [0.1, 0.15) is 89.5 Å². The summed E-state index contributed by atoms with van der Waals surface area (Å²) < 4.78 is 25.5. The zero-order chi connectivity index (χ0) is 39.6. The van der Waals surface area contributed by atoms with Crippen molar-refractivity contribution in [3.05, 3.63) is 77.9 Å². The van der Waals surface area contributed by atoms with Gasteiger partial charge in [-0.05, 0) is 76.3 Å². The van der Waals surface area contributed by atoms with Crippen molar-refractivity contribution < 1.29 is 33.1 Å². The molecule has 57 heavy (non-hydrogen) atoms. The van der Waals surface area contributed by atoms with Gasteiger partial charge in [0.1, 0.15) is 17.4 Å². The highest BCUT2D eigenvalue weighted by molar-refractivity contribution is 6.23. The number of carbonyl (C=O) groups excluding carboxylic acids is 5. The number of carbonyl (C=O) groups is 5. The second kappa shape index (κ2) is 14.1. The van der Waals surface area contributed by atoms with E-state index in [0.717, 1.165) is 41.5 Å². The minimum Gasteiger partial charge on any atom is -0.489 e. The Balaban J connectivity index is 0.796. The molecule has 0 spiro atoms. The lowest BCUT2D eigenvalue weighted by Gasteiger charge is -2.47. The Morgan fingerprint density at radius 3 is 2.60 bits per heavy atom. The van der Waals surface area contributed by atoms with Crippen LogP contribution in [0.5, 0.6) is 5.75 Å². The van der Waals surface area contributed by atoms with E-state index in [0.29, 0.717) is 28.3 Å². The van der Waals surface area contributed by atoms with E-state index in [2.05, 4.69) is 26.0 Å². The number of hydrogen-bond donors (Lipinski definition) is 3. The number of nitrogens with zero attached hydrogens (tertiary/aromatic N) is 7. The zero-order valence-corrected chi connectivity index (χ0v) is 31.4. The molecule has 2 saturated heterocycles. The van der Waals surface area contributed by atoms with Crippen LogP contribution in [0.2, 0.25) is 0 Å². The van der Waals surface area contributed by atoms with Crippen LogP contribution >= 0.6 is 0 Å². The number of nitrogens with one attached hydrogen (secondary N) is 3. The molecule has 1 atom stereocenters. The topological polar surface area (TPSA) is 185 Å². The number of halogens is 1. The molecule has 5 aromatic rings. The Kier molecular flexibility index (Phi) is 8.98. The highest BCUT2D eigenvalue weighted by Crippen LogP contribution is 2.37. The van der Waals surface area contributed by atoms with Gasteiger partial charge < -0.3 is 20.3 Å². The van der Waals surface area contributed by atoms with Gasteiger partial charge in [-0.25, -0.2) is 13.9 Å². The summed E-state index contributed by atoms with van der Waals surface area (Å²) in [5, 5.41) is 18.6. The molecular weight excluding hydrogens is 736 g/mol. The normalized spacial score (nSPS) is 21.9. The molecule has 3 aliphatic heterocycles. The first-order chi connectivity index (χ1) is 27.4. The Bertz CT molecular complexity index is 2460. The summed E-state index contributed by atoms with van der Waals surface area (Å²) >= 11 is 0. The van der Waals surface area contributed by atoms with Crippen molar-refractivity contribution in [2.45, 2.75) is 82.3 Å². The standard InChI is InChI=1S/C40H41FN10O6/c1-22(2)57-33-16-30-23(14-31(33)45-36(53)29-17-44-49-13-3-12-42-35(29)49)18-50(47-30)25-6-4-24(5-7-25)43-19-40(41)20-48(21-40)26-8-9-27-28(15-26)39(56)51(38(27)55)32-10-11-34(52)46-37(32)54/h3,8-9,12-18,22,24-25,32,43H,4-7,10-11,19-21H2,1-2H3,(H,45,53)(H,46,52,54)/t24-,25-,32?. The number of piperidine rings is 1. The van der Waals surface area contributed by atoms with Crippen LogP contribution in [0, 0.1) is 0 Å². The second-order valence-electron chi connectivity index (χ2n) is 15.7. The predicted octanol–water partition coefficient (Wildman–Crippen LogP) is 3.82. The molecule has 3 N–H and O–H groups in total. The Morgan fingerprint density at radius 1 is 1.04 bits per heavy atom. The van der Waals surface area contributed by atoms with Crippen molar-refractivity contribution in [1.29, 1.82) is 0 Å². The van der Waals surface area contributed by atoms with Gasteiger partial charge >= 0.3 is 0 Å². The molecule has 1 aliphatic carbocycles. The average Bonchev–Trinajstić information content (AvgIpc) is 3.87. The van der Waals surface area contributed by atoms with E-state index in [4.69, 9.17) is 9.84 Å². The van der Waals surface area contributed by atoms with Crippen LogP contribution in [0.25, 0.3) is 16.6 Å². The molecule has 9 rings (SSSR count). The number of ether oxygens (including phenoxy) is 1. The van der Waals surface area contributed by atoms with Gasteiger partial charge in [-0.15, -0.1) is 0 Å². The van der Waals surface area contributed by atoms with Crippen molar-refractivity contribution in [3.63, 3.8) is 0 Å². The lowest BCUT2D eigenvalue weighted by molar-refractivity contribution is -0.136. The van der Waals surface area contributed by atoms with Crippen molar-refractivity contribution in [2.24, 2.45) is 0 Å². The molecule has 3 aromatic heterocycles. The highest BCUT2D eigenvalue weighted by atomic mass is 19.1. The van der Waals surface area contributed by atoms with E-state index in [-0.39, 0.29) is 67.7 Å². The molecular formula is C40H41FN10O6. The summed E-state index contributed by atoms with van der Waals surface area (Å²) in [7, 11) is 0. The second-order valence-corrected chi connectivity index (χ2v) is 15.7. The number of hydrogen-bond acceptors (Lipinski definition) is 11. The van der Waals surface area contributed by atoms with Crippen LogP contribution in [0.4, 0.5) is 15.8 Å². The summed E-state index contributed by atoms with van der Waals surface area (Å²) in [6, 6.07) is 9.57. The lowest BCUT2D eigenvalue weighted by atomic mass is 9.89. The Hall–Kier alpha value is -6.23. The Labute approximate surface area is 325 Å². The average molecular weight is 777 g/mol. The number of imide groups is 2. The van der Waals surface area contributed by atoms with Crippen molar-refractivity contribution in [2.75, 3.05) is 29.9 Å². The van der Waals surface area contributed by atoms with Gasteiger partial charge in [-0.3, -0.25) is 38.9 Å². The maximum absolute atomic E-state index is 15.9. The van der Waals surface area contributed by atoms with Crippen LogP contribution in [-0.4, -0.2) is 102 Å². The molecule has 294 valence electrons. The number of fused-ring (bicyclic) bond motifs is 3. The number of amides is 5. The largest absolute Gasteiger partial charge is 0.489 e. The van der Waals surface area contributed by atoms with Gasteiger partial charge in [0.2, 0.25) is 11.8 Å². The van der Waals surface area contributed by atoms with Crippen molar-refractivity contribution in [1.82, 2.24) is 39.9 Å². The van der Waals surface area contributed by atoms with Gasteiger partial charge in [-0.1, -0.05) is 0 Å². The summed E-state index contributed by atoms with van der Waals surface area (Å²) in [5.41, 5.74) is 1.60. The molecule has 6 heterocycles. The third-order valence-electron chi connectivity index (χ3n) is 11.3. The van der Waals surface area contributed by atoms with Gasteiger partial charge in [0, 0.05) is 54.7 Å². The highest BCUT2D eigenvalue weighted by Gasteiger charge is 2.47. The summed E-state index contributed by atoms with van der Waals surface area (Å²) in [4.78, 5) is 70.7. The first-order valence-corrected chi connectivity index (χ1v) is 19.3. The number of rotatable bonds is 10. The SMILES string of the molecule is CC(C)Oc1cc2nn([C@H]3CC[C@H](NCC4(F)CN(c5ccc6c(c5)C(=O)N(C5CCC(=O)NC5=O)C6=O)C4)CC3)cc2cc1NC(=O)c1cnn2cccnc12. The maximum Gasteiger partial charge on any atom is 0.262 e. The van der Waals surface area contributed by atoms with E-state index in [1.165, 1.54) is 6.20 Å². The van der Waals surface area contributed by atoms with E-state index in [1.54, 1.807) is 41.2 Å². The first-order valence-electron chi connectivity index (χ1n) is 19.3. The molecule has 17 heteroatoms. The quantitative estimate of drug-likeness (QED) is 0.175. The molecule has 3 fully saturated rings. The van der Waals surface area contributed by atoms with Gasteiger partial charge in [-0.2, -0.15) is 10.2 Å². The van der Waals surface area contributed by atoms with Crippen LogP contribution in [0.3, 0.4) is 0 Å². The van der Waals surface area contributed by atoms with Gasteiger partial charge in [0.15, 0.2) is 11.3 Å². The monoisotopic (exact) mass is 776 g/mol. The fraction of sp³-hybridized carbons (Fsp3) is 0.400. The third-order valence-corrected chi connectivity index (χ3v) is 11.3. The molecule has 5 amide bonds. The van der Waals surface area contributed by atoms with Crippen LogP contribution < -0.4 is 25.6 Å². The fourth-order valence-electron chi connectivity index (χ4n) is 8.34. The molecule has 1 saturated carbocycles. The van der Waals surface area contributed by atoms with E-state index < -0.39 is 35.3 Å². The molecule has 2 aromatic carbocycles. The summed E-state index contributed by atoms with van der Waals surface area (Å²) in [5.74, 6) is -2.09. The molecule has 4 aliphatic rings. The van der Waals surface area contributed by atoms with Gasteiger partial charge in [0.25, 0.3) is 17.7 Å². The molecule has 1 unspecified atom stereocenters. The number of aromatic nitrogens is 5. The van der Waals surface area contributed by atoms with E-state index in [1.807, 2.05) is 41.8 Å². The Morgan fingerprint density at radius 2 is 1.82 bits per heavy atom. The smallest absolute Gasteiger partial charge is 0.262 e. The fourth-order valence-corrected chi connectivity index (χ4v) is 8.34. The van der Waals surface area contributed by atoms with Crippen molar-refractivity contribution >= 4 is 57.5 Å². The maximum atomic E-state index is 15.9. The summed E-state index contributed by atoms with van der Waals surface area (Å²) in [6.45, 7) is 4.30. The molecule has 16 nitrogen and oxygen atoms in total. The van der Waals surface area contributed by atoms with Gasteiger partial charge in [0.05, 0.1) is 53.8 Å². The van der Waals surface area contributed by atoms with Crippen molar-refractivity contribution in [3.8, 4) is 5.75 Å². The third kappa shape index (κ3) is 6.74. The number of alkyl halides is 1. The number of anilines is 2. The summed E-state index contributed by atoms with van der Waals surface area (Å²) in [6.07, 6.45) is 10.2. The molecule has 0 bridgehead atoms. The van der Waals surface area contributed by atoms with Crippen LogP contribution in [0.15, 0.2) is 61.2 Å². The minimum absolute atomic E-state index is 0.0454. The molecule has 0 radical (unpaired) electrons. The lowest BCUT2D eigenvalue weighted by Crippen LogP contribution is -2.64. The minimum atomic E-state index is -1.46. The number of benzene rings is 2. The van der Waals surface area contributed by atoms with Crippen LogP contribution in [-0.2, 0) is 9.59 Å². The zero-order valence-electron chi connectivity index (χ0n) is 31.4. The van der Waals surface area contributed by atoms with E-state index >= 15 is 4.39 Å². The predicted molar refractivity (Wildman–Crippen MR) is 205 cm³/mol. The first kappa shape index (κ1) is 36.4.